The molecule has 1 atom stereocenters. The average molecular weight is 460 g/mol. The topological polar surface area (TPSA) is 85.9 Å². The standard InChI is InChI=1S/C12H15N3OS.C11H16O2.C2H6/c1-12(5-6-17-11(13)15-12)9-3-2-4-10(7-9)14-8-16;1-4-9-5-6-10(12-2)7-8-11(9)13-3;1-2/h2-4,7-8H,5-6H2,1H3,(H2,13,15)(H,14,16);5-6,8H,4,7H2,1-3H3;1-2H3. The minimum absolute atomic E-state index is 0.282. The molecule has 2 aliphatic rings. The zero-order valence-electron chi connectivity index (χ0n) is 20.1. The molecule has 1 heterocycles. The summed E-state index contributed by atoms with van der Waals surface area (Å²) < 4.78 is 10.4. The Morgan fingerprint density at radius 2 is 2.00 bits per heavy atom. The van der Waals surface area contributed by atoms with Gasteiger partial charge in [0.1, 0.15) is 5.76 Å². The summed E-state index contributed by atoms with van der Waals surface area (Å²) in [5.74, 6) is 2.90. The number of amidine groups is 1. The van der Waals surface area contributed by atoms with Crippen LogP contribution in [0.15, 0.2) is 64.6 Å². The van der Waals surface area contributed by atoms with Gasteiger partial charge in [0.2, 0.25) is 6.41 Å². The molecule has 6 nitrogen and oxygen atoms in total. The Hall–Kier alpha value is -2.67. The lowest BCUT2D eigenvalue weighted by molar-refractivity contribution is -0.105. The molecule has 0 saturated heterocycles. The lowest BCUT2D eigenvalue weighted by Gasteiger charge is -2.30. The van der Waals surface area contributed by atoms with Crippen LogP contribution in [-0.2, 0) is 19.8 Å². The number of aliphatic imine (C=N–C) groups is 1. The van der Waals surface area contributed by atoms with E-state index in [4.69, 9.17) is 15.2 Å². The summed E-state index contributed by atoms with van der Waals surface area (Å²) in [6, 6.07) is 7.73. The summed E-state index contributed by atoms with van der Waals surface area (Å²) in [5, 5.41) is 3.28. The molecular weight excluding hydrogens is 422 g/mol. The molecule has 0 fully saturated rings. The highest BCUT2D eigenvalue weighted by Gasteiger charge is 2.29. The average Bonchev–Trinajstić information content (AvgIpc) is 3.02. The third-order valence-electron chi connectivity index (χ3n) is 5.04. The predicted octanol–water partition coefficient (Wildman–Crippen LogP) is 5.74. The van der Waals surface area contributed by atoms with E-state index >= 15 is 0 Å². The Kier molecular flexibility index (Phi) is 12.3. The highest BCUT2D eigenvalue weighted by molar-refractivity contribution is 8.13. The van der Waals surface area contributed by atoms with Crippen LogP contribution in [0.25, 0.3) is 0 Å². The highest BCUT2D eigenvalue weighted by Crippen LogP contribution is 2.35. The van der Waals surface area contributed by atoms with Gasteiger partial charge in [0.25, 0.3) is 0 Å². The van der Waals surface area contributed by atoms with Gasteiger partial charge in [-0.25, -0.2) is 0 Å². The van der Waals surface area contributed by atoms with Crippen LogP contribution in [0.4, 0.5) is 5.69 Å². The van der Waals surface area contributed by atoms with E-state index < -0.39 is 0 Å². The van der Waals surface area contributed by atoms with Crippen molar-refractivity contribution in [3.05, 3.63) is 65.1 Å². The zero-order chi connectivity index (χ0) is 24.0. The molecule has 3 N–H and O–H groups in total. The maximum absolute atomic E-state index is 10.4. The molecule has 32 heavy (non-hydrogen) atoms. The van der Waals surface area contributed by atoms with Crippen molar-refractivity contribution in [2.45, 2.75) is 52.5 Å². The fourth-order valence-corrected chi connectivity index (χ4v) is 4.21. The van der Waals surface area contributed by atoms with Crippen LogP contribution >= 0.6 is 11.8 Å². The van der Waals surface area contributed by atoms with Crippen molar-refractivity contribution in [3.63, 3.8) is 0 Å². The summed E-state index contributed by atoms with van der Waals surface area (Å²) in [5.41, 5.74) is 8.58. The largest absolute Gasteiger partial charge is 0.501 e. The summed E-state index contributed by atoms with van der Waals surface area (Å²) in [7, 11) is 3.39. The number of anilines is 1. The number of hydrogen-bond donors (Lipinski definition) is 2. The van der Waals surface area contributed by atoms with Gasteiger partial charge in [0.15, 0.2) is 5.17 Å². The maximum atomic E-state index is 10.4. The van der Waals surface area contributed by atoms with Crippen molar-refractivity contribution in [2.75, 3.05) is 25.3 Å². The Balaban J connectivity index is 0.000000307. The first-order chi connectivity index (χ1) is 15.5. The monoisotopic (exact) mass is 459 g/mol. The maximum Gasteiger partial charge on any atom is 0.211 e. The number of nitrogens with one attached hydrogen (secondary N) is 1. The van der Waals surface area contributed by atoms with E-state index in [1.165, 1.54) is 5.57 Å². The Bertz CT molecular complexity index is 862. The smallest absolute Gasteiger partial charge is 0.211 e. The number of rotatable bonds is 6. The molecule has 3 rings (SSSR count). The number of carbonyl (C=O) groups excluding carboxylic acids is 1. The molecular formula is C25H37N3O3S. The van der Waals surface area contributed by atoms with Crippen molar-refractivity contribution in [1.82, 2.24) is 0 Å². The van der Waals surface area contributed by atoms with Crippen LogP contribution < -0.4 is 11.1 Å². The minimum Gasteiger partial charge on any atom is -0.501 e. The van der Waals surface area contributed by atoms with E-state index in [1.54, 1.807) is 26.0 Å². The second-order valence-corrected chi connectivity index (χ2v) is 8.14. The number of nitrogens with zero attached hydrogens (tertiary/aromatic N) is 1. The zero-order valence-corrected chi connectivity index (χ0v) is 20.9. The van der Waals surface area contributed by atoms with Crippen molar-refractivity contribution in [1.29, 1.82) is 0 Å². The number of ether oxygens (including phenoxy) is 2. The van der Waals surface area contributed by atoms with Crippen molar-refractivity contribution < 1.29 is 14.3 Å². The number of benzene rings is 1. The Labute approximate surface area is 197 Å². The summed E-state index contributed by atoms with van der Waals surface area (Å²) in [4.78, 5) is 15.0. The first-order valence-electron chi connectivity index (χ1n) is 10.9. The van der Waals surface area contributed by atoms with Gasteiger partial charge in [0, 0.05) is 17.9 Å². The summed E-state index contributed by atoms with van der Waals surface area (Å²) in [6.07, 6.45) is 9.52. The van der Waals surface area contributed by atoms with Gasteiger partial charge in [-0.2, -0.15) is 0 Å². The van der Waals surface area contributed by atoms with E-state index in [1.807, 2.05) is 44.2 Å². The number of hydrogen-bond acceptors (Lipinski definition) is 6. The molecule has 0 radical (unpaired) electrons. The number of thioether (sulfide) groups is 1. The minimum atomic E-state index is -0.282. The first-order valence-corrected chi connectivity index (χ1v) is 11.9. The molecule has 1 aromatic carbocycles. The second kappa shape index (κ2) is 14.4. The van der Waals surface area contributed by atoms with E-state index in [0.29, 0.717) is 11.6 Å². The number of methoxy groups -OCH3 is 2. The van der Waals surface area contributed by atoms with Crippen molar-refractivity contribution in [2.24, 2.45) is 10.7 Å². The SMILES string of the molecule is CC.CC1(c2cccc(NC=O)c2)CCSC(N)=N1.CCC1=CC=C(OC)CC=C1OC. The summed E-state index contributed by atoms with van der Waals surface area (Å²) in [6.45, 7) is 8.18. The van der Waals surface area contributed by atoms with Crippen LogP contribution in [-0.4, -0.2) is 31.6 Å². The third kappa shape index (κ3) is 8.11. The Morgan fingerprint density at radius 1 is 1.25 bits per heavy atom. The van der Waals surface area contributed by atoms with Crippen molar-refractivity contribution >= 4 is 29.0 Å². The lowest BCUT2D eigenvalue weighted by atomic mass is 9.89. The molecule has 0 spiro atoms. The van der Waals surface area contributed by atoms with Gasteiger partial charge in [-0.15, -0.1) is 0 Å². The molecule has 1 aromatic rings. The number of amides is 1. The van der Waals surface area contributed by atoms with E-state index in [0.717, 1.165) is 47.8 Å². The molecule has 176 valence electrons. The summed E-state index contributed by atoms with van der Waals surface area (Å²) >= 11 is 1.59. The van der Waals surface area contributed by atoms with Crippen LogP contribution in [0.3, 0.4) is 0 Å². The third-order valence-corrected chi connectivity index (χ3v) is 5.84. The van der Waals surface area contributed by atoms with Gasteiger partial charge in [-0.1, -0.05) is 50.7 Å². The molecule has 1 aliphatic carbocycles. The first kappa shape index (κ1) is 27.4. The van der Waals surface area contributed by atoms with Crippen LogP contribution in [0.5, 0.6) is 0 Å². The number of allylic oxidation sites excluding steroid dienone is 4. The predicted molar refractivity (Wildman–Crippen MR) is 137 cm³/mol. The Morgan fingerprint density at radius 3 is 2.59 bits per heavy atom. The van der Waals surface area contributed by atoms with Gasteiger partial charge in [-0.05, 0) is 55.2 Å². The molecule has 1 amide bonds. The lowest BCUT2D eigenvalue weighted by Crippen LogP contribution is -2.28. The van der Waals surface area contributed by atoms with Gasteiger partial charge in [-0.3, -0.25) is 9.79 Å². The van der Waals surface area contributed by atoms with E-state index in [9.17, 15) is 4.79 Å². The fourth-order valence-electron chi connectivity index (χ4n) is 3.23. The van der Waals surface area contributed by atoms with Crippen LogP contribution in [0.2, 0.25) is 0 Å². The highest BCUT2D eigenvalue weighted by atomic mass is 32.2. The van der Waals surface area contributed by atoms with Gasteiger partial charge in [0.05, 0.1) is 25.5 Å². The fraction of sp³-hybridized carbons (Fsp3) is 0.440. The van der Waals surface area contributed by atoms with Gasteiger partial charge >= 0.3 is 0 Å². The van der Waals surface area contributed by atoms with Crippen LogP contribution in [0, 0.1) is 0 Å². The molecule has 7 heteroatoms. The molecule has 0 bridgehead atoms. The quantitative estimate of drug-likeness (QED) is 0.530. The molecule has 1 aliphatic heterocycles. The molecule has 1 unspecified atom stereocenters. The van der Waals surface area contributed by atoms with E-state index in [-0.39, 0.29) is 5.54 Å². The number of carbonyl (C=O) groups is 1. The van der Waals surface area contributed by atoms with E-state index in [2.05, 4.69) is 36.3 Å². The number of nitrogens with two attached hydrogens (primary N) is 1. The van der Waals surface area contributed by atoms with Crippen LogP contribution in [0.1, 0.15) is 52.5 Å². The van der Waals surface area contributed by atoms with Crippen molar-refractivity contribution in [3.8, 4) is 0 Å². The molecule has 0 aromatic heterocycles. The second-order valence-electron chi connectivity index (χ2n) is 7.02. The van der Waals surface area contributed by atoms with Gasteiger partial charge < -0.3 is 20.5 Å². The normalized spacial score (nSPS) is 19.7. The molecule has 0 saturated carbocycles.